The molecule has 0 radical (unpaired) electrons. The van der Waals surface area contributed by atoms with Crippen LogP contribution in [-0.2, 0) is 0 Å². The monoisotopic (exact) mass is 321 g/mol. The maximum atomic E-state index is 6.22. The van der Waals surface area contributed by atoms with E-state index in [1.807, 2.05) is 36.6 Å². The van der Waals surface area contributed by atoms with Gasteiger partial charge in [0.2, 0.25) is 5.95 Å². The molecular formula is C14H12ClN3S2. The molecule has 102 valence electrons. The van der Waals surface area contributed by atoms with Crippen LogP contribution in [0.15, 0.2) is 45.6 Å². The van der Waals surface area contributed by atoms with Crippen LogP contribution in [0.2, 0.25) is 5.02 Å². The van der Waals surface area contributed by atoms with Gasteiger partial charge in [-0.1, -0.05) is 35.5 Å². The van der Waals surface area contributed by atoms with Crippen LogP contribution in [0.1, 0.15) is 6.92 Å². The maximum Gasteiger partial charge on any atom is 0.225 e. The van der Waals surface area contributed by atoms with E-state index < -0.39 is 0 Å². The molecule has 2 aromatic heterocycles. The lowest BCUT2D eigenvalue weighted by Gasteiger charge is -2.07. The Morgan fingerprint density at radius 3 is 2.90 bits per heavy atom. The van der Waals surface area contributed by atoms with Gasteiger partial charge in [-0.05, 0) is 30.5 Å². The van der Waals surface area contributed by atoms with Gasteiger partial charge in [-0.15, -0.1) is 11.3 Å². The van der Waals surface area contributed by atoms with E-state index >= 15 is 0 Å². The highest BCUT2D eigenvalue weighted by Crippen LogP contribution is 2.37. The first-order valence-corrected chi connectivity index (χ1v) is 8.27. The zero-order valence-electron chi connectivity index (χ0n) is 10.8. The number of anilines is 1. The fourth-order valence-electron chi connectivity index (χ4n) is 1.77. The summed E-state index contributed by atoms with van der Waals surface area (Å²) in [6, 6.07) is 9.85. The third-order valence-corrected chi connectivity index (χ3v) is 5.00. The van der Waals surface area contributed by atoms with Crippen molar-refractivity contribution in [1.82, 2.24) is 9.97 Å². The van der Waals surface area contributed by atoms with Gasteiger partial charge in [0.1, 0.15) is 9.86 Å². The van der Waals surface area contributed by atoms with Crippen molar-refractivity contribution < 1.29 is 0 Å². The third-order valence-electron chi connectivity index (χ3n) is 2.67. The molecule has 20 heavy (non-hydrogen) atoms. The number of hydrogen-bond acceptors (Lipinski definition) is 5. The molecule has 3 rings (SSSR count). The van der Waals surface area contributed by atoms with Crippen molar-refractivity contribution in [3.05, 3.63) is 40.7 Å². The number of nitrogens with one attached hydrogen (secondary N) is 1. The number of hydrogen-bond donors (Lipinski definition) is 1. The number of fused-ring (bicyclic) bond motifs is 1. The summed E-state index contributed by atoms with van der Waals surface area (Å²) in [7, 11) is 0. The number of halogens is 1. The molecule has 0 aliphatic carbocycles. The summed E-state index contributed by atoms with van der Waals surface area (Å²) < 4.78 is 0. The lowest BCUT2D eigenvalue weighted by Crippen LogP contribution is -2.02. The van der Waals surface area contributed by atoms with Crippen LogP contribution in [0, 0.1) is 0 Å². The summed E-state index contributed by atoms with van der Waals surface area (Å²) >= 11 is 9.41. The summed E-state index contributed by atoms with van der Waals surface area (Å²) in [5, 5.41) is 7.94. The molecule has 1 aromatic carbocycles. The maximum absolute atomic E-state index is 6.22. The minimum Gasteiger partial charge on any atom is -0.354 e. The minimum absolute atomic E-state index is 0.664. The largest absolute Gasteiger partial charge is 0.354 e. The number of benzene rings is 1. The third kappa shape index (κ3) is 2.75. The zero-order chi connectivity index (χ0) is 13.9. The Labute approximate surface area is 130 Å². The van der Waals surface area contributed by atoms with E-state index in [-0.39, 0.29) is 0 Å². The summed E-state index contributed by atoms with van der Waals surface area (Å²) in [6.45, 7) is 2.83. The van der Waals surface area contributed by atoms with E-state index in [1.165, 1.54) is 0 Å². The Bertz CT molecular complexity index is 742. The van der Waals surface area contributed by atoms with Crippen LogP contribution < -0.4 is 5.32 Å². The second-order valence-electron chi connectivity index (χ2n) is 4.05. The first-order chi connectivity index (χ1) is 9.78. The molecule has 0 aliphatic rings. The molecule has 0 saturated heterocycles. The Morgan fingerprint density at radius 2 is 2.10 bits per heavy atom. The predicted molar refractivity (Wildman–Crippen MR) is 87.2 cm³/mol. The van der Waals surface area contributed by atoms with Crippen molar-refractivity contribution in [3.8, 4) is 0 Å². The van der Waals surface area contributed by atoms with Crippen molar-refractivity contribution in [2.75, 3.05) is 11.9 Å². The van der Waals surface area contributed by atoms with Crippen LogP contribution >= 0.6 is 34.7 Å². The Kier molecular flexibility index (Phi) is 4.10. The van der Waals surface area contributed by atoms with E-state index in [0.717, 1.165) is 31.7 Å². The molecule has 0 atom stereocenters. The Hall–Kier alpha value is -1.30. The standard InChI is InChI=1S/C14H12ClN3S2/c1-2-16-14-17-12-9(7-8-19-12)13(18-14)20-11-6-4-3-5-10(11)15/h3-8H,2H2,1H3,(H,16,17,18). The van der Waals surface area contributed by atoms with E-state index in [0.29, 0.717) is 5.95 Å². The first-order valence-electron chi connectivity index (χ1n) is 6.19. The summed E-state index contributed by atoms with van der Waals surface area (Å²) in [6.07, 6.45) is 0. The van der Waals surface area contributed by atoms with Crippen molar-refractivity contribution in [1.29, 1.82) is 0 Å². The highest BCUT2D eigenvalue weighted by Gasteiger charge is 2.11. The normalized spacial score (nSPS) is 10.9. The molecule has 0 fully saturated rings. The topological polar surface area (TPSA) is 37.8 Å². The van der Waals surface area contributed by atoms with E-state index in [4.69, 9.17) is 11.6 Å². The van der Waals surface area contributed by atoms with Crippen molar-refractivity contribution in [3.63, 3.8) is 0 Å². The summed E-state index contributed by atoms with van der Waals surface area (Å²) in [4.78, 5) is 11.1. The van der Waals surface area contributed by atoms with Crippen molar-refractivity contribution in [2.24, 2.45) is 0 Å². The molecule has 3 nitrogen and oxygen atoms in total. The molecule has 0 spiro atoms. The lowest BCUT2D eigenvalue weighted by molar-refractivity contribution is 1.06. The van der Waals surface area contributed by atoms with Gasteiger partial charge in [-0.2, -0.15) is 0 Å². The molecule has 3 aromatic rings. The number of nitrogens with zero attached hydrogens (tertiary/aromatic N) is 2. The van der Waals surface area contributed by atoms with Crippen LogP contribution in [0.25, 0.3) is 10.2 Å². The van der Waals surface area contributed by atoms with Crippen LogP contribution in [0.5, 0.6) is 0 Å². The molecule has 1 N–H and O–H groups in total. The molecule has 6 heteroatoms. The average Bonchev–Trinajstić information content (AvgIpc) is 2.90. The zero-order valence-corrected chi connectivity index (χ0v) is 13.1. The van der Waals surface area contributed by atoms with Crippen LogP contribution in [0.3, 0.4) is 0 Å². The van der Waals surface area contributed by atoms with Gasteiger partial charge < -0.3 is 5.32 Å². The number of aromatic nitrogens is 2. The Balaban J connectivity index is 2.05. The first kappa shape index (κ1) is 13.7. The molecule has 0 aliphatic heterocycles. The van der Waals surface area contributed by atoms with Crippen molar-refractivity contribution in [2.45, 2.75) is 16.8 Å². The lowest BCUT2D eigenvalue weighted by atomic mass is 10.4. The number of rotatable bonds is 4. The van der Waals surface area contributed by atoms with Crippen molar-refractivity contribution >= 4 is 50.9 Å². The van der Waals surface area contributed by atoms with Gasteiger partial charge in [-0.3, -0.25) is 0 Å². The smallest absolute Gasteiger partial charge is 0.225 e. The van der Waals surface area contributed by atoms with Gasteiger partial charge in [0.25, 0.3) is 0 Å². The molecular weight excluding hydrogens is 310 g/mol. The van der Waals surface area contributed by atoms with Gasteiger partial charge in [0.15, 0.2) is 0 Å². The molecule has 2 heterocycles. The van der Waals surface area contributed by atoms with Gasteiger partial charge in [0.05, 0.1) is 5.02 Å². The fourth-order valence-corrected chi connectivity index (χ4v) is 3.78. The van der Waals surface area contributed by atoms with Gasteiger partial charge >= 0.3 is 0 Å². The highest BCUT2D eigenvalue weighted by molar-refractivity contribution is 7.99. The summed E-state index contributed by atoms with van der Waals surface area (Å²) in [5.41, 5.74) is 0. The molecule has 0 amide bonds. The molecule has 0 unspecified atom stereocenters. The average molecular weight is 322 g/mol. The highest BCUT2D eigenvalue weighted by atomic mass is 35.5. The molecule has 0 saturated carbocycles. The van der Waals surface area contributed by atoms with Crippen LogP contribution in [0.4, 0.5) is 5.95 Å². The SMILES string of the molecule is CCNc1nc(Sc2ccccc2Cl)c2ccsc2n1. The molecule has 0 bridgehead atoms. The van der Waals surface area contributed by atoms with Gasteiger partial charge in [0, 0.05) is 16.8 Å². The Morgan fingerprint density at radius 1 is 1.25 bits per heavy atom. The van der Waals surface area contributed by atoms with E-state index in [2.05, 4.69) is 21.4 Å². The minimum atomic E-state index is 0.664. The quantitative estimate of drug-likeness (QED) is 0.691. The second kappa shape index (κ2) is 5.99. The second-order valence-corrected chi connectivity index (χ2v) is 6.39. The summed E-state index contributed by atoms with van der Waals surface area (Å²) in [5.74, 6) is 0.664. The van der Waals surface area contributed by atoms with Crippen LogP contribution in [-0.4, -0.2) is 16.5 Å². The number of thiophene rings is 1. The fraction of sp³-hybridized carbons (Fsp3) is 0.143. The predicted octanol–water partition coefficient (Wildman–Crippen LogP) is 4.93. The van der Waals surface area contributed by atoms with E-state index in [9.17, 15) is 0 Å². The van der Waals surface area contributed by atoms with Gasteiger partial charge in [-0.25, -0.2) is 9.97 Å². The van der Waals surface area contributed by atoms with E-state index in [1.54, 1.807) is 23.1 Å².